The lowest BCUT2D eigenvalue weighted by Crippen LogP contribution is -2.43. The quantitative estimate of drug-likeness (QED) is 0.616. The van der Waals surface area contributed by atoms with Crippen LogP contribution in [0.25, 0.3) is 0 Å². The Labute approximate surface area is 113 Å². The molecule has 0 bridgehead atoms. The van der Waals surface area contributed by atoms with Gasteiger partial charge in [-0.05, 0) is 37.3 Å². The topological polar surface area (TPSA) is 72.7 Å². The van der Waals surface area contributed by atoms with Crippen molar-refractivity contribution in [2.24, 2.45) is 0 Å². The number of phenolic OH excluding ortho intramolecular Hbond substituents is 2. The monoisotopic (exact) mass is 263 g/mol. The molecule has 1 aromatic rings. The van der Waals surface area contributed by atoms with Gasteiger partial charge in [-0.1, -0.05) is 18.9 Å². The molecule has 1 fully saturated rings. The molecule has 1 saturated carbocycles. The van der Waals surface area contributed by atoms with Crippen LogP contribution in [0.3, 0.4) is 0 Å². The minimum absolute atomic E-state index is 0.0551. The maximum atomic E-state index is 10.4. The third-order valence-electron chi connectivity index (χ3n) is 4.51. The predicted octanol–water partition coefficient (Wildman–Crippen LogP) is 1.98. The molecule has 0 aromatic heterocycles. The Morgan fingerprint density at radius 1 is 1.05 bits per heavy atom. The van der Waals surface area contributed by atoms with E-state index in [2.05, 4.69) is 5.32 Å². The molecule has 1 aromatic carbocycles. The number of fused-ring (bicyclic) bond motifs is 1. The highest BCUT2D eigenvalue weighted by atomic mass is 16.3. The van der Waals surface area contributed by atoms with E-state index in [1.54, 1.807) is 6.07 Å². The Bertz CT molecular complexity index is 469. The number of hydrogen-bond acceptors (Lipinski definition) is 4. The van der Waals surface area contributed by atoms with Gasteiger partial charge in [0.25, 0.3) is 0 Å². The first kappa shape index (κ1) is 12.8. The van der Waals surface area contributed by atoms with E-state index in [9.17, 15) is 15.3 Å². The molecule has 0 spiro atoms. The molecular formula is C15H21NO3. The van der Waals surface area contributed by atoms with Crippen molar-refractivity contribution in [3.05, 3.63) is 23.3 Å². The first-order chi connectivity index (χ1) is 9.16. The van der Waals surface area contributed by atoms with E-state index in [-0.39, 0.29) is 17.5 Å². The highest BCUT2D eigenvalue weighted by molar-refractivity contribution is 5.51. The molecule has 0 saturated heterocycles. The molecule has 0 aliphatic heterocycles. The average Bonchev–Trinajstić information content (AvgIpc) is 2.90. The molecule has 2 aliphatic carbocycles. The number of aliphatic hydroxyl groups is 1. The first-order valence-corrected chi connectivity index (χ1v) is 7.14. The molecule has 104 valence electrons. The molecule has 4 nitrogen and oxygen atoms in total. The van der Waals surface area contributed by atoms with Crippen molar-refractivity contribution in [3.63, 3.8) is 0 Å². The zero-order valence-corrected chi connectivity index (χ0v) is 11.0. The summed E-state index contributed by atoms with van der Waals surface area (Å²) in [6.45, 7) is 0. The van der Waals surface area contributed by atoms with Crippen molar-refractivity contribution in [3.8, 4) is 11.5 Å². The minimum Gasteiger partial charge on any atom is -0.504 e. The minimum atomic E-state index is -0.601. The van der Waals surface area contributed by atoms with Crippen LogP contribution >= 0.6 is 0 Å². The summed E-state index contributed by atoms with van der Waals surface area (Å²) in [7, 11) is 0. The fourth-order valence-corrected chi connectivity index (χ4v) is 3.42. The Hall–Kier alpha value is -1.26. The lowest BCUT2D eigenvalue weighted by atomic mass is 9.84. The summed E-state index contributed by atoms with van der Waals surface area (Å²) >= 11 is 0. The molecular weight excluding hydrogens is 242 g/mol. The van der Waals surface area contributed by atoms with Crippen LogP contribution in [-0.4, -0.2) is 27.4 Å². The van der Waals surface area contributed by atoms with E-state index in [1.807, 2.05) is 0 Å². The molecule has 3 rings (SSSR count). The van der Waals surface area contributed by atoms with Gasteiger partial charge in [-0.2, -0.15) is 0 Å². The lowest BCUT2D eigenvalue weighted by molar-refractivity contribution is 0.107. The maximum Gasteiger partial charge on any atom is 0.161 e. The fraction of sp³-hybridized carbons (Fsp3) is 0.600. The van der Waals surface area contributed by atoms with E-state index in [4.69, 9.17) is 0 Å². The van der Waals surface area contributed by atoms with Gasteiger partial charge in [0, 0.05) is 17.6 Å². The normalized spacial score (nSPS) is 27.4. The fourth-order valence-electron chi connectivity index (χ4n) is 3.42. The second kappa shape index (κ2) is 5.02. The van der Waals surface area contributed by atoms with E-state index >= 15 is 0 Å². The van der Waals surface area contributed by atoms with E-state index < -0.39 is 6.10 Å². The molecule has 0 amide bonds. The third kappa shape index (κ3) is 2.30. The van der Waals surface area contributed by atoms with Crippen LogP contribution in [0.4, 0.5) is 0 Å². The van der Waals surface area contributed by atoms with Crippen LogP contribution in [-0.2, 0) is 6.42 Å². The summed E-state index contributed by atoms with van der Waals surface area (Å²) in [4.78, 5) is 0. The van der Waals surface area contributed by atoms with Crippen LogP contribution in [0.15, 0.2) is 12.1 Å². The average molecular weight is 263 g/mol. The predicted molar refractivity (Wildman–Crippen MR) is 72.2 cm³/mol. The van der Waals surface area contributed by atoms with E-state index in [0.717, 1.165) is 12.0 Å². The second-order valence-electron chi connectivity index (χ2n) is 5.74. The number of benzene rings is 1. The summed E-state index contributed by atoms with van der Waals surface area (Å²) in [5, 5.41) is 33.4. The van der Waals surface area contributed by atoms with Gasteiger partial charge in [-0.3, -0.25) is 0 Å². The van der Waals surface area contributed by atoms with Gasteiger partial charge in [-0.15, -0.1) is 0 Å². The van der Waals surface area contributed by atoms with Crippen LogP contribution in [0.5, 0.6) is 11.5 Å². The zero-order valence-electron chi connectivity index (χ0n) is 11.0. The number of aromatic hydroxyl groups is 2. The summed E-state index contributed by atoms with van der Waals surface area (Å²) in [5.41, 5.74) is 1.44. The van der Waals surface area contributed by atoms with E-state index in [0.29, 0.717) is 18.0 Å². The number of rotatable bonds is 2. The van der Waals surface area contributed by atoms with Crippen LogP contribution < -0.4 is 5.32 Å². The SMILES string of the molecule is Oc1ccc2c(c1O)CC[C@H](NC1CCCC1)[C@@H]2O. The summed E-state index contributed by atoms with van der Waals surface area (Å²) in [6, 6.07) is 3.75. The molecule has 4 N–H and O–H groups in total. The molecule has 0 heterocycles. The number of hydrogen-bond donors (Lipinski definition) is 4. The van der Waals surface area contributed by atoms with Crippen molar-refractivity contribution < 1.29 is 15.3 Å². The Morgan fingerprint density at radius 2 is 1.79 bits per heavy atom. The molecule has 4 heteroatoms. The largest absolute Gasteiger partial charge is 0.504 e. The number of phenols is 2. The summed E-state index contributed by atoms with van der Waals surface area (Å²) in [6.07, 6.45) is 5.81. The molecule has 0 unspecified atom stereocenters. The van der Waals surface area contributed by atoms with Gasteiger partial charge >= 0.3 is 0 Å². The van der Waals surface area contributed by atoms with Gasteiger partial charge < -0.3 is 20.6 Å². The standard InChI is InChI=1S/C15H21NO3/c17-13-8-6-10-11(15(13)19)5-7-12(14(10)18)16-9-3-1-2-4-9/h6,8-9,12,14,16-19H,1-5,7H2/t12-,14+/m0/s1. The maximum absolute atomic E-state index is 10.4. The number of nitrogens with one attached hydrogen (secondary N) is 1. The highest BCUT2D eigenvalue weighted by Crippen LogP contribution is 2.40. The van der Waals surface area contributed by atoms with Crippen molar-refractivity contribution >= 4 is 0 Å². The smallest absolute Gasteiger partial charge is 0.161 e. The number of aliphatic hydroxyl groups excluding tert-OH is 1. The van der Waals surface area contributed by atoms with E-state index in [1.165, 1.54) is 31.7 Å². The molecule has 0 radical (unpaired) electrons. The lowest BCUT2D eigenvalue weighted by Gasteiger charge is -2.33. The van der Waals surface area contributed by atoms with Gasteiger partial charge in [-0.25, -0.2) is 0 Å². The van der Waals surface area contributed by atoms with Gasteiger partial charge in [0.1, 0.15) is 0 Å². The summed E-state index contributed by atoms with van der Waals surface area (Å²) in [5.74, 6) is -0.177. The first-order valence-electron chi connectivity index (χ1n) is 7.14. The Balaban J connectivity index is 1.79. The third-order valence-corrected chi connectivity index (χ3v) is 4.51. The van der Waals surface area contributed by atoms with Crippen molar-refractivity contribution in [2.45, 2.75) is 56.7 Å². The van der Waals surface area contributed by atoms with Crippen LogP contribution in [0, 0.1) is 0 Å². The molecule has 2 atom stereocenters. The molecule has 19 heavy (non-hydrogen) atoms. The Kier molecular flexibility index (Phi) is 3.37. The summed E-state index contributed by atoms with van der Waals surface area (Å²) < 4.78 is 0. The second-order valence-corrected chi connectivity index (χ2v) is 5.74. The van der Waals surface area contributed by atoms with Crippen molar-refractivity contribution in [1.82, 2.24) is 5.32 Å². The Morgan fingerprint density at radius 3 is 2.53 bits per heavy atom. The van der Waals surface area contributed by atoms with Gasteiger partial charge in [0.15, 0.2) is 11.5 Å². The van der Waals surface area contributed by atoms with Crippen molar-refractivity contribution in [1.29, 1.82) is 0 Å². The highest BCUT2D eigenvalue weighted by Gasteiger charge is 2.32. The van der Waals surface area contributed by atoms with Gasteiger partial charge in [0.05, 0.1) is 6.10 Å². The van der Waals surface area contributed by atoms with Crippen LogP contribution in [0.1, 0.15) is 49.3 Å². The molecule has 2 aliphatic rings. The van der Waals surface area contributed by atoms with Crippen LogP contribution in [0.2, 0.25) is 0 Å². The van der Waals surface area contributed by atoms with Gasteiger partial charge in [0.2, 0.25) is 0 Å². The zero-order chi connectivity index (χ0) is 13.4. The van der Waals surface area contributed by atoms with Crippen molar-refractivity contribution in [2.75, 3.05) is 0 Å².